The Hall–Kier alpha value is -1.00. The molecule has 106 valence electrons. The molecule has 0 saturated heterocycles. The van der Waals surface area contributed by atoms with Crippen molar-refractivity contribution in [3.63, 3.8) is 0 Å². The van der Waals surface area contributed by atoms with E-state index < -0.39 is 11.2 Å². The molecule has 0 spiro atoms. The van der Waals surface area contributed by atoms with Crippen LogP contribution in [-0.2, 0) is 15.1 Å². The van der Waals surface area contributed by atoms with Crippen LogP contribution < -0.4 is 0 Å². The molecule has 0 aliphatic heterocycles. The number of rotatable bonds is 5. The van der Waals surface area contributed by atoms with Gasteiger partial charge in [-0.25, -0.2) is 0 Å². The van der Waals surface area contributed by atoms with Crippen LogP contribution in [0.1, 0.15) is 33.3 Å². The van der Waals surface area contributed by atoms with Crippen molar-refractivity contribution < 1.29 is 14.6 Å². The molecule has 1 aromatic rings. The molecule has 4 heteroatoms. The molecule has 1 unspecified atom stereocenters. The first kappa shape index (κ1) is 16.1. The van der Waals surface area contributed by atoms with Gasteiger partial charge in [0.15, 0.2) is 0 Å². The average molecular weight is 282 g/mol. The molecule has 0 fully saturated rings. The lowest BCUT2D eigenvalue weighted by Crippen LogP contribution is -2.27. The first-order chi connectivity index (χ1) is 8.71. The molecular weight excluding hydrogens is 260 g/mol. The SMILES string of the molecule is CC(C)(C)OC(=O)CSCC(C)(O)c1ccccc1. The Balaban J connectivity index is 2.43. The Bertz CT molecular complexity index is 407. The summed E-state index contributed by atoms with van der Waals surface area (Å²) in [5, 5.41) is 10.4. The van der Waals surface area contributed by atoms with E-state index in [4.69, 9.17) is 4.74 Å². The van der Waals surface area contributed by atoms with Gasteiger partial charge in [-0.15, -0.1) is 11.8 Å². The van der Waals surface area contributed by atoms with Gasteiger partial charge in [-0.1, -0.05) is 30.3 Å². The minimum Gasteiger partial charge on any atom is -0.459 e. The molecule has 0 aliphatic rings. The van der Waals surface area contributed by atoms with Crippen LogP contribution in [0, 0.1) is 0 Å². The van der Waals surface area contributed by atoms with Gasteiger partial charge in [0.05, 0.1) is 11.4 Å². The summed E-state index contributed by atoms with van der Waals surface area (Å²) in [6.45, 7) is 7.28. The molecule has 0 heterocycles. The second-order valence-electron chi connectivity index (χ2n) is 5.72. The molecule has 3 nitrogen and oxygen atoms in total. The summed E-state index contributed by atoms with van der Waals surface area (Å²) in [7, 11) is 0. The number of carbonyl (C=O) groups excluding carboxylic acids is 1. The summed E-state index contributed by atoms with van der Waals surface area (Å²) in [5.41, 5.74) is -0.542. The second kappa shape index (κ2) is 6.44. The molecule has 1 N–H and O–H groups in total. The maximum atomic E-state index is 11.6. The number of ether oxygens (including phenoxy) is 1. The topological polar surface area (TPSA) is 46.5 Å². The summed E-state index contributed by atoms with van der Waals surface area (Å²) in [6.07, 6.45) is 0. The van der Waals surface area contributed by atoms with Crippen molar-refractivity contribution in [1.29, 1.82) is 0 Å². The van der Waals surface area contributed by atoms with Gasteiger partial charge in [0, 0.05) is 5.75 Å². The lowest BCUT2D eigenvalue weighted by molar-refractivity contribution is -0.151. The van der Waals surface area contributed by atoms with Crippen molar-refractivity contribution in [3.05, 3.63) is 35.9 Å². The summed E-state index contributed by atoms with van der Waals surface area (Å²) >= 11 is 1.38. The quantitative estimate of drug-likeness (QED) is 0.843. The van der Waals surface area contributed by atoms with Crippen LogP contribution in [0.15, 0.2) is 30.3 Å². The summed E-state index contributed by atoms with van der Waals surface area (Å²) in [4.78, 5) is 11.6. The molecule has 0 amide bonds. The maximum Gasteiger partial charge on any atom is 0.316 e. The molecule has 1 atom stereocenters. The van der Waals surface area contributed by atoms with Crippen LogP contribution in [0.4, 0.5) is 0 Å². The molecule has 1 aromatic carbocycles. The zero-order valence-electron chi connectivity index (χ0n) is 12.0. The van der Waals surface area contributed by atoms with E-state index >= 15 is 0 Å². The van der Waals surface area contributed by atoms with Crippen molar-refractivity contribution in [2.45, 2.75) is 38.9 Å². The number of hydrogen-bond donors (Lipinski definition) is 1. The zero-order chi connectivity index (χ0) is 14.5. The van der Waals surface area contributed by atoms with Gasteiger partial charge >= 0.3 is 5.97 Å². The maximum absolute atomic E-state index is 11.6. The second-order valence-corrected chi connectivity index (χ2v) is 6.70. The van der Waals surface area contributed by atoms with Gasteiger partial charge < -0.3 is 9.84 Å². The van der Waals surface area contributed by atoms with E-state index in [1.165, 1.54) is 11.8 Å². The number of esters is 1. The Labute approximate surface area is 119 Å². The third-order valence-corrected chi connectivity index (χ3v) is 3.62. The van der Waals surface area contributed by atoms with Gasteiger partial charge in [0.1, 0.15) is 5.60 Å². The number of hydrogen-bond acceptors (Lipinski definition) is 4. The highest BCUT2D eigenvalue weighted by Crippen LogP contribution is 2.25. The van der Waals surface area contributed by atoms with Crippen molar-refractivity contribution in [2.24, 2.45) is 0 Å². The Morgan fingerprint density at radius 2 is 1.79 bits per heavy atom. The number of thioether (sulfide) groups is 1. The minimum atomic E-state index is -0.937. The highest BCUT2D eigenvalue weighted by molar-refractivity contribution is 7.99. The number of carbonyl (C=O) groups is 1. The molecule has 0 bridgehead atoms. The standard InChI is InChI=1S/C15H22O3S/c1-14(2,3)18-13(16)10-19-11-15(4,17)12-8-6-5-7-9-12/h5-9,17H,10-11H2,1-4H3. The third-order valence-electron chi connectivity index (χ3n) is 2.42. The Kier molecular flexibility index (Phi) is 5.44. The van der Waals surface area contributed by atoms with Crippen molar-refractivity contribution >= 4 is 17.7 Å². The van der Waals surface area contributed by atoms with Crippen LogP contribution in [0.3, 0.4) is 0 Å². The number of benzene rings is 1. The van der Waals surface area contributed by atoms with Gasteiger partial charge in [-0.2, -0.15) is 0 Å². The van der Waals surface area contributed by atoms with Crippen LogP contribution >= 0.6 is 11.8 Å². The largest absolute Gasteiger partial charge is 0.459 e. The molecule has 0 saturated carbocycles. The van der Waals surface area contributed by atoms with Gasteiger partial charge in [-0.05, 0) is 33.3 Å². The fourth-order valence-electron chi connectivity index (χ4n) is 1.58. The fraction of sp³-hybridized carbons (Fsp3) is 0.533. The predicted octanol–water partition coefficient (Wildman–Crippen LogP) is 2.97. The number of aliphatic hydroxyl groups is 1. The molecule has 1 rings (SSSR count). The van der Waals surface area contributed by atoms with Crippen molar-refractivity contribution in [3.8, 4) is 0 Å². The van der Waals surface area contributed by atoms with E-state index in [1.807, 2.05) is 51.1 Å². The first-order valence-electron chi connectivity index (χ1n) is 6.28. The highest BCUT2D eigenvalue weighted by Gasteiger charge is 2.24. The van der Waals surface area contributed by atoms with E-state index in [2.05, 4.69) is 0 Å². The lowest BCUT2D eigenvalue weighted by atomic mass is 9.99. The van der Waals surface area contributed by atoms with Crippen LogP contribution in [0.25, 0.3) is 0 Å². The molecule has 19 heavy (non-hydrogen) atoms. The van der Waals surface area contributed by atoms with Gasteiger partial charge in [0.25, 0.3) is 0 Å². The average Bonchev–Trinajstić information content (AvgIpc) is 2.27. The Morgan fingerprint density at radius 3 is 2.32 bits per heavy atom. The fourth-order valence-corrected chi connectivity index (χ4v) is 2.48. The van der Waals surface area contributed by atoms with Crippen LogP contribution in [0.5, 0.6) is 0 Å². The van der Waals surface area contributed by atoms with E-state index in [9.17, 15) is 9.90 Å². The summed E-state index contributed by atoms with van der Waals surface area (Å²) < 4.78 is 5.22. The van der Waals surface area contributed by atoms with Gasteiger partial charge in [-0.3, -0.25) is 4.79 Å². The lowest BCUT2D eigenvalue weighted by Gasteiger charge is -2.24. The zero-order valence-corrected chi connectivity index (χ0v) is 12.8. The monoisotopic (exact) mass is 282 g/mol. The first-order valence-corrected chi connectivity index (χ1v) is 7.44. The normalized spacial score (nSPS) is 14.8. The molecule has 0 radical (unpaired) electrons. The summed E-state index contributed by atoms with van der Waals surface area (Å²) in [5.74, 6) is 0.456. The van der Waals surface area contributed by atoms with Crippen LogP contribution in [-0.4, -0.2) is 28.2 Å². The van der Waals surface area contributed by atoms with E-state index in [0.717, 1.165) is 5.56 Å². The van der Waals surface area contributed by atoms with Crippen molar-refractivity contribution in [2.75, 3.05) is 11.5 Å². The van der Waals surface area contributed by atoms with Crippen LogP contribution in [0.2, 0.25) is 0 Å². The van der Waals surface area contributed by atoms with E-state index in [1.54, 1.807) is 6.92 Å². The smallest absolute Gasteiger partial charge is 0.316 e. The summed E-state index contributed by atoms with van der Waals surface area (Å²) in [6, 6.07) is 9.46. The molecule has 0 aromatic heterocycles. The molecule has 0 aliphatic carbocycles. The van der Waals surface area contributed by atoms with Crippen molar-refractivity contribution in [1.82, 2.24) is 0 Å². The van der Waals surface area contributed by atoms with Gasteiger partial charge in [0.2, 0.25) is 0 Å². The third kappa shape index (κ3) is 6.12. The van der Waals surface area contributed by atoms with E-state index in [-0.39, 0.29) is 11.7 Å². The molecular formula is C15H22O3S. The highest BCUT2D eigenvalue weighted by atomic mass is 32.2. The van der Waals surface area contributed by atoms with E-state index in [0.29, 0.717) is 5.75 Å². The minimum absolute atomic E-state index is 0.249. The Morgan fingerprint density at radius 1 is 1.21 bits per heavy atom. The predicted molar refractivity (Wildman–Crippen MR) is 79.2 cm³/mol.